The second-order valence-electron chi connectivity index (χ2n) is 6.56. The van der Waals surface area contributed by atoms with E-state index in [4.69, 9.17) is 9.47 Å². The number of carbonyl (C=O) groups excluding carboxylic acids is 2. The molecule has 0 aromatic carbocycles. The maximum absolute atomic E-state index is 11.2. The minimum Gasteiger partial charge on any atom is -0.462 e. The van der Waals surface area contributed by atoms with Crippen LogP contribution in [0.4, 0.5) is 0 Å². The number of hydrogen-bond donors (Lipinski definition) is 0. The van der Waals surface area contributed by atoms with Crippen molar-refractivity contribution < 1.29 is 19.1 Å². The highest BCUT2D eigenvalue weighted by molar-refractivity contribution is 5.81. The molecule has 0 spiro atoms. The molecular formula is C18H22O4. The van der Waals surface area contributed by atoms with Gasteiger partial charge in [0, 0.05) is 12.2 Å². The molecule has 4 heteroatoms. The van der Waals surface area contributed by atoms with E-state index in [0.717, 1.165) is 12.8 Å². The van der Waals surface area contributed by atoms with Gasteiger partial charge in [0.25, 0.3) is 0 Å². The molecule has 5 atom stereocenters. The Morgan fingerprint density at radius 1 is 1.09 bits per heavy atom. The number of esters is 2. The first-order valence-electron chi connectivity index (χ1n) is 7.91. The number of hydrogen-bond acceptors (Lipinski definition) is 4. The zero-order valence-electron chi connectivity index (χ0n) is 12.7. The quantitative estimate of drug-likeness (QED) is 0.430. The van der Waals surface area contributed by atoms with E-state index in [1.807, 2.05) is 0 Å². The van der Waals surface area contributed by atoms with E-state index in [-0.39, 0.29) is 11.9 Å². The Balaban J connectivity index is 1.54. The van der Waals surface area contributed by atoms with E-state index >= 15 is 0 Å². The van der Waals surface area contributed by atoms with Crippen LogP contribution in [0, 0.1) is 29.6 Å². The van der Waals surface area contributed by atoms with Gasteiger partial charge in [-0.25, -0.2) is 9.59 Å². The van der Waals surface area contributed by atoms with Gasteiger partial charge >= 0.3 is 11.9 Å². The molecule has 118 valence electrons. The number of ether oxygens (including phenoxy) is 2. The van der Waals surface area contributed by atoms with Crippen LogP contribution >= 0.6 is 0 Å². The van der Waals surface area contributed by atoms with Crippen molar-refractivity contribution in [3.05, 3.63) is 37.0 Å². The Hall–Kier alpha value is -1.84. The third-order valence-corrected chi connectivity index (χ3v) is 5.43. The smallest absolute Gasteiger partial charge is 0.330 e. The minimum atomic E-state index is -0.360. The Morgan fingerprint density at radius 3 is 2.50 bits per heavy atom. The van der Waals surface area contributed by atoms with Gasteiger partial charge in [-0.3, -0.25) is 0 Å². The summed E-state index contributed by atoms with van der Waals surface area (Å²) in [5.41, 5.74) is 1.27. The van der Waals surface area contributed by atoms with Crippen LogP contribution in [0.3, 0.4) is 0 Å². The van der Waals surface area contributed by atoms with Crippen LogP contribution < -0.4 is 0 Å². The summed E-state index contributed by atoms with van der Waals surface area (Å²) in [5, 5.41) is 0. The van der Waals surface area contributed by atoms with Crippen molar-refractivity contribution >= 4 is 11.9 Å². The molecule has 3 aliphatic rings. The zero-order valence-corrected chi connectivity index (χ0v) is 12.7. The first-order chi connectivity index (χ1) is 10.6. The average molecular weight is 302 g/mol. The van der Waals surface area contributed by atoms with Crippen molar-refractivity contribution in [3.63, 3.8) is 0 Å². The molecule has 2 saturated carbocycles. The molecule has 4 nitrogen and oxygen atoms in total. The van der Waals surface area contributed by atoms with Crippen LogP contribution in [0.1, 0.15) is 19.3 Å². The Kier molecular flexibility index (Phi) is 4.19. The zero-order chi connectivity index (χ0) is 15.7. The maximum Gasteiger partial charge on any atom is 0.330 e. The number of carbonyl (C=O) groups is 2. The molecule has 3 rings (SSSR count). The fourth-order valence-corrected chi connectivity index (χ4v) is 4.59. The molecule has 0 aromatic rings. The van der Waals surface area contributed by atoms with Crippen LogP contribution in [-0.4, -0.2) is 25.2 Å². The van der Waals surface area contributed by atoms with E-state index in [0.29, 0.717) is 42.8 Å². The molecule has 2 fully saturated rings. The molecule has 0 N–H and O–H groups in total. The van der Waals surface area contributed by atoms with Crippen molar-refractivity contribution in [1.82, 2.24) is 0 Å². The molecule has 0 aliphatic heterocycles. The fourth-order valence-electron chi connectivity index (χ4n) is 4.59. The van der Waals surface area contributed by atoms with Gasteiger partial charge in [0.05, 0.1) is 6.61 Å². The highest BCUT2D eigenvalue weighted by Gasteiger charge is 2.52. The van der Waals surface area contributed by atoms with Crippen LogP contribution in [0.15, 0.2) is 37.0 Å². The normalized spacial score (nSPS) is 34.7. The lowest BCUT2D eigenvalue weighted by atomic mass is 9.82. The van der Waals surface area contributed by atoms with E-state index in [1.54, 1.807) is 0 Å². The van der Waals surface area contributed by atoms with Gasteiger partial charge in [-0.15, -0.1) is 0 Å². The lowest BCUT2D eigenvalue weighted by Crippen LogP contribution is -2.19. The number of rotatable bonds is 6. The summed E-state index contributed by atoms with van der Waals surface area (Å²) in [7, 11) is 0. The molecule has 0 radical (unpaired) electrons. The molecule has 5 unspecified atom stereocenters. The summed E-state index contributed by atoms with van der Waals surface area (Å²) < 4.78 is 10.4. The van der Waals surface area contributed by atoms with Gasteiger partial charge in [0.1, 0.15) is 6.61 Å². The standard InChI is InChI=1S/C18H22O4/c1-3-17(19)21-9-11-5-14-12-7-13(10-22-18(20)4-2)15(8-12)16(14)6-11/h3-4,7,11-12,14-16H,1-2,5-6,8-10H2. The predicted octanol–water partition coefficient (Wildman–Crippen LogP) is 2.66. The topological polar surface area (TPSA) is 52.6 Å². The van der Waals surface area contributed by atoms with Gasteiger partial charge in [0.15, 0.2) is 0 Å². The predicted molar refractivity (Wildman–Crippen MR) is 81.7 cm³/mol. The highest BCUT2D eigenvalue weighted by atomic mass is 16.5. The Morgan fingerprint density at radius 2 is 1.77 bits per heavy atom. The van der Waals surface area contributed by atoms with Crippen LogP contribution in [0.2, 0.25) is 0 Å². The van der Waals surface area contributed by atoms with Crippen LogP contribution in [0.25, 0.3) is 0 Å². The van der Waals surface area contributed by atoms with Crippen LogP contribution in [-0.2, 0) is 19.1 Å². The Bertz CT molecular complexity index is 533. The lowest BCUT2D eigenvalue weighted by Gasteiger charge is -2.24. The van der Waals surface area contributed by atoms with Gasteiger partial charge in [-0.1, -0.05) is 19.2 Å². The largest absolute Gasteiger partial charge is 0.462 e. The van der Waals surface area contributed by atoms with E-state index in [9.17, 15) is 9.59 Å². The maximum atomic E-state index is 11.2. The van der Waals surface area contributed by atoms with Gasteiger partial charge in [-0.05, 0) is 54.4 Å². The lowest BCUT2D eigenvalue weighted by molar-refractivity contribution is -0.139. The van der Waals surface area contributed by atoms with Crippen molar-refractivity contribution in [3.8, 4) is 0 Å². The molecule has 0 amide bonds. The number of allylic oxidation sites excluding steroid dienone is 1. The van der Waals surface area contributed by atoms with Crippen molar-refractivity contribution in [2.24, 2.45) is 29.6 Å². The summed E-state index contributed by atoms with van der Waals surface area (Å²) in [6.07, 6.45) is 8.15. The first-order valence-corrected chi connectivity index (χ1v) is 7.91. The third-order valence-electron chi connectivity index (χ3n) is 5.43. The second-order valence-corrected chi connectivity index (χ2v) is 6.56. The molecule has 0 saturated heterocycles. The molecule has 0 aromatic heterocycles. The van der Waals surface area contributed by atoms with Crippen molar-refractivity contribution in [2.45, 2.75) is 19.3 Å². The van der Waals surface area contributed by atoms with Gasteiger partial charge < -0.3 is 9.47 Å². The van der Waals surface area contributed by atoms with Gasteiger partial charge in [-0.2, -0.15) is 0 Å². The van der Waals surface area contributed by atoms with E-state index < -0.39 is 0 Å². The number of fused-ring (bicyclic) bond motifs is 5. The van der Waals surface area contributed by atoms with E-state index in [2.05, 4.69) is 19.2 Å². The second kappa shape index (κ2) is 6.11. The minimum absolute atomic E-state index is 0.338. The van der Waals surface area contributed by atoms with E-state index in [1.165, 1.54) is 24.1 Å². The summed E-state index contributed by atoms with van der Waals surface area (Å²) in [6.45, 7) is 7.73. The third kappa shape index (κ3) is 2.74. The van der Waals surface area contributed by atoms with Gasteiger partial charge in [0.2, 0.25) is 0 Å². The summed E-state index contributed by atoms with van der Waals surface area (Å²) in [5.74, 6) is 2.25. The first kappa shape index (κ1) is 15.1. The summed E-state index contributed by atoms with van der Waals surface area (Å²) >= 11 is 0. The highest BCUT2D eigenvalue weighted by Crippen LogP contribution is 2.59. The molecule has 22 heavy (non-hydrogen) atoms. The summed E-state index contributed by atoms with van der Waals surface area (Å²) in [6, 6.07) is 0. The van der Waals surface area contributed by atoms with Crippen LogP contribution in [0.5, 0.6) is 0 Å². The fraction of sp³-hybridized carbons (Fsp3) is 0.556. The SMILES string of the molecule is C=CC(=O)OCC1=CC2CC1C1CC(COC(=O)C=C)CC21. The molecule has 0 heterocycles. The molecule has 3 aliphatic carbocycles. The van der Waals surface area contributed by atoms with Crippen molar-refractivity contribution in [2.75, 3.05) is 13.2 Å². The average Bonchev–Trinajstić information content (AvgIpc) is 3.20. The monoisotopic (exact) mass is 302 g/mol. The summed E-state index contributed by atoms with van der Waals surface area (Å²) in [4.78, 5) is 22.4. The molecular weight excluding hydrogens is 280 g/mol. The molecule has 2 bridgehead atoms. The van der Waals surface area contributed by atoms with Crippen molar-refractivity contribution in [1.29, 1.82) is 0 Å². The Labute approximate surface area is 130 Å².